The molecule has 26 heavy (non-hydrogen) atoms. The number of nitrogens with one attached hydrogen (secondary N) is 1. The van der Waals surface area contributed by atoms with Crippen molar-refractivity contribution < 1.29 is 9.53 Å². The van der Waals surface area contributed by atoms with Gasteiger partial charge in [-0.25, -0.2) is 0 Å². The van der Waals surface area contributed by atoms with Crippen molar-refractivity contribution >= 4 is 5.91 Å². The summed E-state index contributed by atoms with van der Waals surface area (Å²) < 4.78 is 7.40. The number of hydrogen-bond donors (Lipinski definition) is 1. The van der Waals surface area contributed by atoms with E-state index in [-0.39, 0.29) is 5.91 Å². The number of amides is 1. The van der Waals surface area contributed by atoms with E-state index in [0.717, 1.165) is 28.4 Å². The van der Waals surface area contributed by atoms with Crippen molar-refractivity contribution in [3.8, 4) is 17.0 Å². The molecule has 1 aromatic carbocycles. The highest BCUT2D eigenvalue weighted by atomic mass is 16.5. The molecule has 0 spiro atoms. The Balaban J connectivity index is 1.63. The van der Waals surface area contributed by atoms with Crippen molar-refractivity contribution in [3.63, 3.8) is 0 Å². The Hall–Kier alpha value is -3.15. The zero-order valence-corrected chi connectivity index (χ0v) is 15.2. The molecule has 6 heteroatoms. The lowest BCUT2D eigenvalue weighted by Crippen LogP contribution is -2.28. The highest BCUT2D eigenvalue weighted by Crippen LogP contribution is 2.25. The Morgan fingerprint density at radius 3 is 2.65 bits per heavy atom. The maximum atomic E-state index is 12.4. The minimum absolute atomic E-state index is 0.149. The predicted octanol–water partition coefficient (Wildman–Crippen LogP) is 2.91. The van der Waals surface area contributed by atoms with Gasteiger partial charge in [-0.1, -0.05) is 18.2 Å². The molecule has 0 saturated heterocycles. The third kappa shape index (κ3) is 3.91. The van der Waals surface area contributed by atoms with Crippen LogP contribution in [0, 0.1) is 13.8 Å². The van der Waals surface area contributed by atoms with E-state index in [1.165, 1.54) is 0 Å². The summed E-state index contributed by atoms with van der Waals surface area (Å²) in [6, 6.07) is 13.0. The van der Waals surface area contributed by atoms with E-state index in [0.29, 0.717) is 18.7 Å². The van der Waals surface area contributed by atoms with Gasteiger partial charge in [-0.15, -0.1) is 0 Å². The molecular formula is C20H22N4O2. The zero-order valence-electron chi connectivity index (χ0n) is 15.2. The van der Waals surface area contributed by atoms with Gasteiger partial charge in [0, 0.05) is 30.1 Å². The summed E-state index contributed by atoms with van der Waals surface area (Å²) in [5.41, 5.74) is 4.20. The van der Waals surface area contributed by atoms with Crippen LogP contribution in [0.5, 0.6) is 5.75 Å². The number of rotatable bonds is 6. The number of benzene rings is 1. The van der Waals surface area contributed by atoms with Gasteiger partial charge >= 0.3 is 0 Å². The summed E-state index contributed by atoms with van der Waals surface area (Å²) in [4.78, 5) is 16.8. The Morgan fingerprint density at radius 1 is 1.19 bits per heavy atom. The third-order valence-electron chi connectivity index (χ3n) is 4.19. The van der Waals surface area contributed by atoms with Crippen molar-refractivity contribution in [1.82, 2.24) is 20.1 Å². The monoisotopic (exact) mass is 350 g/mol. The first-order valence-corrected chi connectivity index (χ1v) is 8.49. The Morgan fingerprint density at radius 2 is 1.96 bits per heavy atom. The van der Waals surface area contributed by atoms with Gasteiger partial charge in [0.15, 0.2) is 0 Å². The molecule has 0 fully saturated rings. The topological polar surface area (TPSA) is 69.0 Å². The Kier molecular flexibility index (Phi) is 5.31. The maximum Gasteiger partial charge on any atom is 0.251 e. The minimum Gasteiger partial charge on any atom is -0.492 e. The first kappa shape index (κ1) is 17.7. The average Bonchev–Trinajstić information content (AvgIpc) is 2.91. The molecule has 0 aliphatic rings. The van der Waals surface area contributed by atoms with E-state index < -0.39 is 0 Å². The van der Waals surface area contributed by atoms with E-state index in [1.807, 2.05) is 55.9 Å². The first-order chi connectivity index (χ1) is 12.6. The number of carbonyl (C=O) groups excluding carboxylic acids is 1. The maximum absolute atomic E-state index is 12.4. The molecule has 3 rings (SSSR count). The van der Waals surface area contributed by atoms with Gasteiger partial charge in [-0.2, -0.15) is 5.10 Å². The van der Waals surface area contributed by atoms with Crippen LogP contribution in [0.4, 0.5) is 0 Å². The van der Waals surface area contributed by atoms with E-state index in [4.69, 9.17) is 4.74 Å². The van der Waals surface area contributed by atoms with Crippen LogP contribution >= 0.6 is 0 Å². The number of nitrogens with zero attached hydrogens (tertiary/aromatic N) is 3. The van der Waals surface area contributed by atoms with Crippen LogP contribution in [0.1, 0.15) is 21.7 Å². The standard InChI is InChI=1S/C20H22N4O2/c1-14-19(15(2)24(3)23-14)18-13-16(9-10-21-18)20(25)22-11-12-26-17-7-5-4-6-8-17/h4-10,13H,11-12H2,1-3H3,(H,22,25). The second kappa shape index (κ2) is 7.82. The Bertz CT molecular complexity index is 903. The summed E-state index contributed by atoms with van der Waals surface area (Å²) in [6.07, 6.45) is 1.65. The normalized spacial score (nSPS) is 10.6. The van der Waals surface area contributed by atoms with Gasteiger partial charge in [-0.3, -0.25) is 14.5 Å². The van der Waals surface area contributed by atoms with Crippen molar-refractivity contribution in [2.75, 3.05) is 13.2 Å². The first-order valence-electron chi connectivity index (χ1n) is 8.49. The third-order valence-corrected chi connectivity index (χ3v) is 4.19. The molecule has 0 atom stereocenters. The molecular weight excluding hydrogens is 328 g/mol. The number of aromatic nitrogens is 3. The zero-order chi connectivity index (χ0) is 18.5. The molecule has 134 valence electrons. The van der Waals surface area contributed by atoms with Crippen LogP contribution in [-0.4, -0.2) is 33.8 Å². The molecule has 0 saturated carbocycles. The summed E-state index contributed by atoms with van der Waals surface area (Å²) in [5.74, 6) is 0.639. The van der Waals surface area contributed by atoms with Crippen molar-refractivity contribution in [2.24, 2.45) is 7.05 Å². The molecule has 0 unspecified atom stereocenters. The van der Waals surface area contributed by atoms with Crippen molar-refractivity contribution in [2.45, 2.75) is 13.8 Å². The highest BCUT2D eigenvalue weighted by Gasteiger charge is 2.14. The number of hydrogen-bond acceptors (Lipinski definition) is 4. The van der Waals surface area contributed by atoms with E-state index >= 15 is 0 Å². The van der Waals surface area contributed by atoms with Crippen LogP contribution < -0.4 is 10.1 Å². The van der Waals surface area contributed by atoms with Gasteiger partial charge in [-0.05, 0) is 38.1 Å². The smallest absolute Gasteiger partial charge is 0.251 e. The fraction of sp³-hybridized carbons (Fsp3) is 0.250. The lowest BCUT2D eigenvalue weighted by molar-refractivity contribution is 0.0947. The SMILES string of the molecule is Cc1nn(C)c(C)c1-c1cc(C(=O)NCCOc2ccccc2)ccn1. The molecule has 1 N–H and O–H groups in total. The fourth-order valence-electron chi connectivity index (χ4n) is 2.81. The second-order valence-electron chi connectivity index (χ2n) is 6.02. The Labute approximate surface area is 152 Å². The van der Waals surface area contributed by atoms with Gasteiger partial charge in [0.2, 0.25) is 0 Å². The van der Waals surface area contributed by atoms with Crippen LogP contribution in [0.25, 0.3) is 11.3 Å². The van der Waals surface area contributed by atoms with Crippen LogP contribution in [-0.2, 0) is 7.05 Å². The molecule has 0 bridgehead atoms. The summed E-state index contributed by atoms with van der Waals surface area (Å²) in [7, 11) is 1.90. The van der Waals surface area contributed by atoms with Gasteiger partial charge in [0.25, 0.3) is 5.91 Å². The average molecular weight is 350 g/mol. The van der Waals surface area contributed by atoms with Crippen molar-refractivity contribution in [1.29, 1.82) is 0 Å². The number of para-hydroxylation sites is 1. The number of aryl methyl sites for hydroxylation is 2. The quantitative estimate of drug-likeness (QED) is 0.694. The molecule has 0 aliphatic heterocycles. The fourth-order valence-corrected chi connectivity index (χ4v) is 2.81. The van der Waals surface area contributed by atoms with Gasteiger partial charge < -0.3 is 10.1 Å². The predicted molar refractivity (Wildman–Crippen MR) is 100 cm³/mol. The number of ether oxygens (including phenoxy) is 1. The van der Waals surface area contributed by atoms with Crippen molar-refractivity contribution in [3.05, 3.63) is 65.6 Å². The lowest BCUT2D eigenvalue weighted by Gasteiger charge is -2.08. The van der Waals surface area contributed by atoms with Crippen LogP contribution in [0.15, 0.2) is 48.7 Å². The summed E-state index contributed by atoms with van der Waals surface area (Å²) in [5, 5.41) is 7.28. The number of pyridine rings is 1. The molecule has 0 aliphatic carbocycles. The molecule has 2 aromatic heterocycles. The van der Waals surface area contributed by atoms with Gasteiger partial charge in [0.05, 0.1) is 17.9 Å². The van der Waals surface area contributed by atoms with Crippen LogP contribution in [0.3, 0.4) is 0 Å². The molecule has 1 amide bonds. The molecule has 0 radical (unpaired) electrons. The molecule has 6 nitrogen and oxygen atoms in total. The summed E-state index contributed by atoms with van der Waals surface area (Å²) >= 11 is 0. The van der Waals surface area contributed by atoms with E-state index in [1.54, 1.807) is 18.3 Å². The van der Waals surface area contributed by atoms with E-state index in [2.05, 4.69) is 15.4 Å². The second-order valence-corrected chi connectivity index (χ2v) is 6.02. The van der Waals surface area contributed by atoms with Crippen LogP contribution in [0.2, 0.25) is 0 Å². The highest BCUT2D eigenvalue weighted by molar-refractivity contribution is 5.95. The molecule has 3 aromatic rings. The minimum atomic E-state index is -0.149. The number of carbonyl (C=O) groups is 1. The van der Waals surface area contributed by atoms with E-state index in [9.17, 15) is 4.79 Å². The largest absolute Gasteiger partial charge is 0.492 e. The summed E-state index contributed by atoms with van der Waals surface area (Å²) in [6.45, 7) is 4.77. The molecule has 2 heterocycles. The van der Waals surface area contributed by atoms with Gasteiger partial charge in [0.1, 0.15) is 12.4 Å². The lowest BCUT2D eigenvalue weighted by atomic mass is 10.1.